The number of hydrogen-bond donors (Lipinski definition) is 3. The molecule has 0 heterocycles. The topological polar surface area (TPSA) is 119 Å². The van der Waals surface area contributed by atoms with Gasteiger partial charge in [-0.3, -0.25) is 5.41 Å². The summed E-state index contributed by atoms with van der Waals surface area (Å²) in [5.74, 6) is -0.327. The summed E-state index contributed by atoms with van der Waals surface area (Å²) in [7, 11) is -3.71. The van der Waals surface area contributed by atoms with Crippen molar-refractivity contribution in [2.45, 2.75) is 0 Å². The number of nitrogens with one attached hydrogen (secondary N) is 1. The van der Waals surface area contributed by atoms with Gasteiger partial charge in [-0.05, 0) is 0 Å². The highest BCUT2D eigenvalue weighted by Gasteiger charge is 2.10. The molecule has 6 nitrogen and oxygen atoms in total. The van der Waals surface area contributed by atoms with E-state index in [-0.39, 0.29) is 12.3 Å². The van der Waals surface area contributed by atoms with Gasteiger partial charge in [0, 0.05) is 6.54 Å². The molecule has 0 atom stereocenters. The number of rotatable bonds is 3. The van der Waals surface area contributed by atoms with Crippen LogP contribution in [0.15, 0.2) is 0 Å². The summed E-state index contributed by atoms with van der Waals surface area (Å²) >= 11 is 0. The van der Waals surface area contributed by atoms with Crippen molar-refractivity contribution in [3.63, 3.8) is 0 Å². The third-order valence-corrected chi connectivity index (χ3v) is 1.75. The second-order valence-electron chi connectivity index (χ2n) is 1.50. The lowest BCUT2D eigenvalue weighted by molar-refractivity contribution is 0.476. The van der Waals surface area contributed by atoms with Gasteiger partial charge in [-0.15, -0.1) is 0 Å². The molecule has 7 heteroatoms. The van der Waals surface area contributed by atoms with Crippen molar-refractivity contribution in [2.24, 2.45) is 11.5 Å². The standard InChI is InChI=1S/C3H9N3O3S/c4-1-2-10(7,8)9-3(5)6/h1-2,4H2,(H3,5,6). The van der Waals surface area contributed by atoms with E-state index in [0.717, 1.165) is 0 Å². The van der Waals surface area contributed by atoms with E-state index in [1.54, 1.807) is 0 Å². The predicted molar refractivity (Wildman–Crippen MR) is 35.8 cm³/mol. The van der Waals surface area contributed by atoms with E-state index in [4.69, 9.17) is 11.1 Å². The molecule has 0 bridgehead atoms. The van der Waals surface area contributed by atoms with Crippen LogP contribution in [0.4, 0.5) is 0 Å². The highest BCUT2D eigenvalue weighted by atomic mass is 32.2. The van der Waals surface area contributed by atoms with E-state index in [1.807, 2.05) is 0 Å². The maximum Gasteiger partial charge on any atom is 0.312 e. The average molecular weight is 167 g/mol. The molecule has 0 aliphatic carbocycles. The van der Waals surface area contributed by atoms with Crippen molar-refractivity contribution < 1.29 is 12.6 Å². The first-order valence-electron chi connectivity index (χ1n) is 2.44. The fraction of sp³-hybridized carbons (Fsp3) is 0.667. The molecule has 10 heavy (non-hydrogen) atoms. The fourth-order valence-corrected chi connectivity index (χ4v) is 0.968. The first-order chi connectivity index (χ1) is 4.48. The molecule has 0 saturated carbocycles. The Balaban J connectivity index is 4.02. The lowest BCUT2D eigenvalue weighted by Gasteiger charge is -2.00. The zero-order chi connectivity index (χ0) is 8.20. The summed E-state index contributed by atoms with van der Waals surface area (Å²) in [6, 6.07) is -0.839. The van der Waals surface area contributed by atoms with Crippen molar-refractivity contribution >= 4 is 16.1 Å². The van der Waals surface area contributed by atoms with E-state index in [2.05, 4.69) is 9.92 Å². The van der Waals surface area contributed by atoms with Gasteiger partial charge in [0.2, 0.25) is 0 Å². The Kier molecular flexibility index (Phi) is 3.10. The lowest BCUT2D eigenvalue weighted by atomic mass is 10.8. The second kappa shape index (κ2) is 3.37. The molecular weight excluding hydrogens is 158 g/mol. The molecule has 0 aliphatic rings. The molecule has 0 radical (unpaired) electrons. The van der Waals surface area contributed by atoms with Crippen LogP contribution in [-0.4, -0.2) is 26.7 Å². The number of nitrogens with two attached hydrogens (primary N) is 2. The van der Waals surface area contributed by atoms with Crippen LogP contribution < -0.4 is 11.5 Å². The smallest absolute Gasteiger partial charge is 0.312 e. The quantitative estimate of drug-likeness (QED) is 0.260. The van der Waals surface area contributed by atoms with Gasteiger partial charge in [-0.25, -0.2) is 0 Å². The summed E-state index contributed by atoms with van der Waals surface area (Å²) in [6.07, 6.45) is 0. The summed E-state index contributed by atoms with van der Waals surface area (Å²) in [4.78, 5) is 0. The van der Waals surface area contributed by atoms with Crippen LogP contribution in [0.1, 0.15) is 0 Å². The zero-order valence-corrected chi connectivity index (χ0v) is 6.02. The average Bonchev–Trinajstić information content (AvgIpc) is 1.59. The first-order valence-corrected chi connectivity index (χ1v) is 4.02. The van der Waals surface area contributed by atoms with E-state index in [9.17, 15) is 8.42 Å². The molecule has 0 aliphatic heterocycles. The SMILES string of the molecule is N=C(N)OS(=O)(=O)CCN. The summed E-state index contributed by atoms with van der Waals surface area (Å²) in [5.41, 5.74) is 9.57. The van der Waals surface area contributed by atoms with Crippen molar-refractivity contribution in [2.75, 3.05) is 12.3 Å². The monoisotopic (exact) mass is 167 g/mol. The molecule has 60 valence electrons. The maximum atomic E-state index is 10.5. The Morgan fingerprint density at radius 1 is 1.60 bits per heavy atom. The van der Waals surface area contributed by atoms with Crippen molar-refractivity contribution in [3.8, 4) is 0 Å². The Labute approximate surface area is 58.8 Å². The third kappa shape index (κ3) is 4.10. The molecule has 0 spiro atoms. The largest absolute Gasteiger partial charge is 0.353 e. The van der Waals surface area contributed by atoms with Crippen LogP contribution in [0.2, 0.25) is 0 Å². The molecule has 0 unspecified atom stereocenters. The summed E-state index contributed by atoms with van der Waals surface area (Å²) in [5, 5.41) is 6.46. The van der Waals surface area contributed by atoms with Gasteiger partial charge in [0.15, 0.2) is 0 Å². The zero-order valence-electron chi connectivity index (χ0n) is 5.20. The molecule has 5 N–H and O–H groups in total. The maximum absolute atomic E-state index is 10.5. The lowest BCUT2D eigenvalue weighted by Crippen LogP contribution is -2.24. The molecule has 0 aromatic rings. The first kappa shape index (κ1) is 9.18. The van der Waals surface area contributed by atoms with Gasteiger partial charge in [0.1, 0.15) is 0 Å². The highest BCUT2D eigenvalue weighted by molar-refractivity contribution is 7.87. The third-order valence-electron chi connectivity index (χ3n) is 0.585. The Morgan fingerprint density at radius 2 is 2.10 bits per heavy atom. The van der Waals surface area contributed by atoms with Crippen LogP contribution in [0.25, 0.3) is 0 Å². The minimum Gasteiger partial charge on any atom is -0.353 e. The van der Waals surface area contributed by atoms with E-state index < -0.39 is 16.1 Å². The normalized spacial score (nSPS) is 10.9. The van der Waals surface area contributed by atoms with Crippen molar-refractivity contribution in [3.05, 3.63) is 0 Å². The predicted octanol–water partition coefficient (Wildman–Crippen LogP) is -1.82. The van der Waals surface area contributed by atoms with Crippen LogP contribution >= 0.6 is 0 Å². The minimum absolute atomic E-state index is 0.0460. The van der Waals surface area contributed by atoms with Gasteiger partial charge in [0.25, 0.3) is 6.02 Å². The van der Waals surface area contributed by atoms with Crippen molar-refractivity contribution in [1.29, 1.82) is 5.41 Å². The van der Waals surface area contributed by atoms with Crippen molar-refractivity contribution in [1.82, 2.24) is 0 Å². The molecule has 0 aromatic carbocycles. The van der Waals surface area contributed by atoms with Gasteiger partial charge in [0.05, 0.1) is 5.75 Å². The fourth-order valence-electron chi connectivity index (χ4n) is 0.323. The van der Waals surface area contributed by atoms with E-state index >= 15 is 0 Å². The Morgan fingerprint density at radius 3 is 2.40 bits per heavy atom. The number of hydrogen-bond acceptors (Lipinski definition) is 5. The molecule has 0 amide bonds. The van der Waals surface area contributed by atoms with E-state index in [0.29, 0.717) is 0 Å². The van der Waals surface area contributed by atoms with Crippen LogP contribution in [-0.2, 0) is 14.3 Å². The Hall–Kier alpha value is -0.820. The molecule has 0 rings (SSSR count). The summed E-state index contributed by atoms with van der Waals surface area (Å²) in [6.45, 7) is -0.0460. The van der Waals surface area contributed by atoms with Crippen LogP contribution in [0.5, 0.6) is 0 Å². The second-order valence-corrected chi connectivity index (χ2v) is 3.19. The Bertz CT molecular complexity index is 209. The van der Waals surface area contributed by atoms with Gasteiger partial charge >= 0.3 is 10.1 Å². The van der Waals surface area contributed by atoms with Gasteiger partial charge < -0.3 is 15.7 Å². The molecule has 0 saturated heterocycles. The minimum atomic E-state index is -3.71. The van der Waals surface area contributed by atoms with Gasteiger partial charge in [-0.1, -0.05) is 0 Å². The van der Waals surface area contributed by atoms with Crippen LogP contribution in [0.3, 0.4) is 0 Å². The van der Waals surface area contributed by atoms with Gasteiger partial charge in [-0.2, -0.15) is 8.42 Å². The molecular formula is C3H9N3O3S. The van der Waals surface area contributed by atoms with E-state index in [1.165, 1.54) is 0 Å². The number of amidine groups is 1. The summed E-state index contributed by atoms with van der Waals surface area (Å²) < 4.78 is 25.0. The highest BCUT2D eigenvalue weighted by Crippen LogP contribution is 1.89. The molecule has 0 aromatic heterocycles. The van der Waals surface area contributed by atoms with Crippen LogP contribution in [0, 0.1) is 5.41 Å². The molecule has 0 fully saturated rings.